The molecule has 4 rings (SSSR count). The standard InChI is InChI=1S/C32H31N7O2/c1-20(2)29(34-4)28(30(33)35-5)31(40)36-21(3)26-19-23-12-10-11-22(15-16-24-17-18-38(6)37-24)27(23)32(41)39(26)25-13-8-7-9-14-25/h7-14,17-19,21H,1,4H2,2-3,5-6H3,(H2,33,35)(H,36,40)/b29-28-. The zero-order chi connectivity index (χ0) is 29.7. The quantitative estimate of drug-likeness (QED) is 0.121. The SMILES string of the molecule is C=N/C(C(=C)C)=C(\C(=O)NC(C)c1cc2cccc(C#Cc3ccn(C)n3)c2c(=O)n1-c1ccccc1)C(N)=NC. The summed E-state index contributed by atoms with van der Waals surface area (Å²) in [5.74, 6) is 5.63. The van der Waals surface area contributed by atoms with E-state index in [9.17, 15) is 9.59 Å². The molecular formula is C32H31N7O2. The number of fused-ring (bicyclic) bond motifs is 1. The molecule has 1 atom stereocenters. The van der Waals surface area contributed by atoms with E-state index in [1.807, 2.05) is 73.9 Å². The lowest BCUT2D eigenvalue weighted by Crippen LogP contribution is -2.36. The normalized spacial score (nSPS) is 12.6. The van der Waals surface area contributed by atoms with Crippen LogP contribution >= 0.6 is 0 Å². The van der Waals surface area contributed by atoms with Gasteiger partial charge in [-0.1, -0.05) is 42.8 Å². The first-order valence-electron chi connectivity index (χ1n) is 12.8. The van der Waals surface area contributed by atoms with Gasteiger partial charge in [0.05, 0.1) is 17.1 Å². The minimum Gasteiger partial charge on any atom is -0.383 e. The van der Waals surface area contributed by atoms with E-state index in [2.05, 4.69) is 45.5 Å². The van der Waals surface area contributed by atoms with Crippen molar-refractivity contribution >= 4 is 29.2 Å². The van der Waals surface area contributed by atoms with Crippen LogP contribution in [0.3, 0.4) is 0 Å². The average Bonchev–Trinajstić information content (AvgIpc) is 3.38. The summed E-state index contributed by atoms with van der Waals surface area (Å²) in [5, 5.41) is 8.41. The number of carbonyl (C=O) groups is 1. The maximum Gasteiger partial charge on any atom is 0.264 e. The van der Waals surface area contributed by atoms with Crippen molar-refractivity contribution in [3.8, 4) is 17.5 Å². The number of nitrogens with one attached hydrogen (secondary N) is 1. The van der Waals surface area contributed by atoms with Gasteiger partial charge >= 0.3 is 0 Å². The summed E-state index contributed by atoms with van der Waals surface area (Å²) in [7, 11) is 3.30. The van der Waals surface area contributed by atoms with Crippen molar-refractivity contribution in [1.82, 2.24) is 19.7 Å². The van der Waals surface area contributed by atoms with Gasteiger partial charge in [-0.3, -0.25) is 28.8 Å². The van der Waals surface area contributed by atoms with Crippen LogP contribution in [-0.4, -0.2) is 39.9 Å². The molecule has 3 N–H and O–H groups in total. The zero-order valence-electron chi connectivity index (χ0n) is 23.5. The van der Waals surface area contributed by atoms with Gasteiger partial charge in [-0.15, -0.1) is 0 Å². The Morgan fingerprint density at radius 3 is 2.46 bits per heavy atom. The number of rotatable bonds is 7. The van der Waals surface area contributed by atoms with E-state index in [4.69, 9.17) is 5.73 Å². The average molecular weight is 546 g/mol. The molecule has 41 heavy (non-hydrogen) atoms. The van der Waals surface area contributed by atoms with Crippen LogP contribution in [0, 0.1) is 11.8 Å². The Bertz CT molecular complexity index is 1850. The number of para-hydroxylation sites is 1. The third kappa shape index (κ3) is 5.92. The molecule has 0 fully saturated rings. The first-order valence-corrected chi connectivity index (χ1v) is 12.8. The maximum atomic E-state index is 14.2. The first kappa shape index (κ1) is 28.5. The van der Waals surface area contributed by atoms with E-state index in [0.717, 1.165) is 0 Å². The monoisotopic (exact) mass is 545 g/mol. The first-order chi connectivity index (χ1) is 19.7. The minimum absolute atomic E-state index is 0.00446. The number of hydrogen-bond acceptors (Lipinski definition) is 5. The molecule has 4 aromatic rings. The van der Waals surface area contributed by atoms with Crippen molar-refractivity contribution < 1.29 is 4.79 Å². The second kappa shape index (κ2) is 12.1. The smallest absolute Gasteiger partial charge is 0.264 e. The Kier molecular flexibility index (Phi) is 8.44. The Morgan fingerprint density at radius 2 is 1.85 bits per heavy atom. The number of amidine groups is 1. The molecule has 0 spiro atoms. The molecule has 206 valence electrons. The molecule has 0 aliphatic carbocycles. The lowest BCUT2D eigenvalue weighted by molar-refractivity contribution is -0.117. The van der Waals surface area contributed by atoms with Gasteiger partial charge < -0.3 is 11.1 Å². The zero-order valence-corrected chi connectivity index (χ0v) is 23.5. The van der Waals surface area contributed by atoms with Crippen LogP contribution in [0.4, 0.5) is 0 Å². The number of hydrogen-bond donors (Lipinski definition) is 2. The van der Waals surface area contributed by atoms with Crippen molar-refractivity contribution in [1.29, 1.82) is 0 Å². The Labute approximate surface area is 238 Å². The predicted molar refractivity (Wildman–Crippen MR) is 164 cm³/mol. The molecule has 0 bridgehead atoms. The fourth-order valence-corrected chi connectivity index (χ4v) is 4.49. The summed E-state index contributed by atoms with van der Waals surface area (Å²) in [4.78, 5) is 35.7. The van der Waals surface area contributed by atoms with Crippen molar-refractivity contribution in [3.05, 3.63) is 118 Å². The summed E-state index contributed by atoms with van der Waals surface area (Å²) < 4.78 is 3.26. The largest absolute Gasteiger partial charge is 0.383 e. The van der Waals surface area contributed by atoms with Gasteiger partial charge in [0.15, 0.2) is 0 Å². The number of allylic oxidation sites excluding steroid dienone is 1. The van der Waals surface area contributed by atoms with Crippen LogP contribution < -0.4 is 16.6 Å². The summed E-state index contributed by atoms with van der Waals surface area (Å²) in [5.41, 5.74) is 9.01. The molecule has 0 saturated heterocycles. The summed E-state index contributed by atoms with van der Waals surface area (Å²) in [6.45, 7) is 10.9. The fourth-order valence-electron chi connectivity index (χ4n) is 4.49. The number of nitrogens with two attached hydrogens (primary N) is 1. The van der Waals surface area contributed by atoms with E-state index in [1.165, 1.54) is 7.05 Å². The minimum atomic E-state index is -0.626. The predicted octanol–water partition coefficient (Wildman–Crippen LogP) is 3.82. The van der Waals surface area contributed by atoms with Crippen molar-refractivity contribution in [2.45, 2.75) is 19.9 Å². The summed E-state index contributed by atoms with van der Waals surface area (Å²) >= 11 is 0. The molecule has 9 nitrogen and oxygen atoms in total. The van der Waals surface area contributed by atoms with Crippen molar-refractivity contribution in [2.24, 2.45) is 22.8 Å². The molecule has 0 saturated carbocycles. The van der Waals surface area contributed by atoms with Gasteiger partial charge in [0.1, 0.15) is 17.1 Å². The van der Waals surface area contributed by atoms with Crippen LogP contribution in [0.15, 0.2) is 105 Å². The number of carbonyl (C=O) groups excluding carboxylic acids is 1. The summed E-state index contributed by atoms with van der Waals surface area (Å²) in [6.07, 6.45) is 1.81. The topological polar surface area (TPSA) is 120 Å². The maximum absolute atomic E-state index is 14.2. The molecule has 2 heterocycles. The summed E-state index contributed by atoms with van der Waals surface area (Å²) in [6, 6.07) is 17.8. The van der Waals surface area contributed by atoms with Gasteiger partial charge in [0.25, 0.3) is 11.5 Å². The molecule has 0 aliphatic rings. The lowest BCUT2D eigenvalue weighted by atomic mass is 10.0. The van der Waals surface area contributed by atoms with Crippen LogP contribution in [0.2, 0.25) is 0 Å². The van der Waals surface area contributed by atoms with Crippen molar-refractivity contribution in [2.75, 3.05) is 7.05 Å². The number of amides is 1. The second-order valence-corrected chi connectivity index (χ2v) is 9.41. The molecule has 0 radical (unpaired) electrons. The number of aromatic nitrogens is 3. The number of pyridine rings is 1. The highest BCUT2D eigenvalue weighted by Crippen LogP contribution is 2.24. The van der Waals surface area contributed by atoms with Gasteiger partial charge in [-0.05, 0) is 67.8 Å². The van der Waals surface area contributed by atoms with Gasteiger partial charge in [-0.2, -0.15) is 5.10 Å². The Hall–Kier alpha value is -5.49. The van der Waals surface area contributed by atoms with Crippen molar-refractivity contribution in [3.63, 3.8) is 0 Å². The highest BCUT2D eigenvalue weighted by Gasteiger charge is 2.24. The third-order valence-electron chi connectivity index (χ3n) is 6.44. The molecule has 0 aliphatic heterocycles. The van der Waals surface area contributed by atoms with E-state index in [0.29, 0.717) is 39.0 Å². The van der Waals surface area contributed by atoms with Gasteiger partial charge in [0.2, 0.25) is 0 Å². The molecule has 2 aromatic heterocycles. The fraction of sp³-hybridized carbons (Fsp3) is 0.156. The highest BCUT2D eigenvalue weighted by molar-refractivity contribution is 6.21. The molecular weight excluding hydrogens is 514 g/mol. The highest BCUT2D eigenvalue weighted by atomic mass is 16.2. The van der Waals surface area contributed by atoms with E-state index < -0.39 is 11.9 Å². The van der Waals surface area contributed by atoms with E-state index >= 15 is 0 Å². The number of aliphatic imine (C=N–C) groups is 2. The number of aryl methyl sites for hydroxylation is 1. The van der Waals surface area contributed by atoms with Crippen LogP contribution in [0.1, 0.15) is 36.8 Å². The number of benzene rings is 2. The van der Waals surface area contributed by atoms with Gasteiger partial charge in [-0.25, -0.2) is 0 Å². The van der Waals surface area contributed by atoms with E-state index in [1.54, 1.807) is 23.1 Å². The van der Waals surface area contributed by atoms with Crippen LogP contribution in [-0.2, 0) is 11.8 Å². The van der Waals surface area contributed by atoms with Gasteiger partial charge in [0, 0.05) is 37.2 Å². The molecule has 1 unspecified atom stereocenters. The Balaban J connectivity index is 1.90. The molecule has 9 heteroatoms. The second-order valence-electron chi connectivity index (χ2n) is 9.41. The van der Waals surface area contributed by atoms with Crippen LogP contribution in [0.25, 0.3) is 16.5 Å². The molecule has 2 aromatic carbocycles. The third-order valence-corrected chi connectivity index (χ3v) is 6.44. The number of nitrogens with zero attached hydrogens (tertiary/aromatic N) is 5. The molecule has 1 amide bonds. The van der Waals surface area contributed by atoms with Crippen LogP contribution in [0.5, 0.6) is 0 Å². The Morgan fingerprint density at radius 1 is 1.12 bits per heavy atom. The lowest BCUT2D eigenvalue weighted by Gasteiger charge is -2.22. The van der Waals surface area contributed by atoms with E-state index in [-0.39, 0.29) is 22.7 Å².